The van der Waals surface area contributed by atoms with Crippen LogP contribution in [-0.4, -0.2) is 24.8 Å². The molecule has 1 aliphatic rings. The Kier molecular flexibility index (Phi) is 6.72. The van der Waals surface area contributed by atoms with Gasteiger partial charge in [-0.25, -0.2) is 0 Å². The minimum absolute atomic E-state index is 0.234. The smallest absolute Gasteiger partial charge is 0.248 e. The van der Waals surface area contributed by atoms with E-state index >= 15 is 0 Å². The van der Waals surface area contributed by atoms with Gasteiger partial charge in [-0.2, -0.15) is 0 Å². The van der Waals surface area contributed by atoms with Crippen molar-refractivity contribution in [3.05, 3.63) is 64.1 Å². The van der Waals surface area contributed by atoms with Crippen molar-refractivity contribution in [2.45, 2.75) is 31.6 Å². The third-order valence-electron chi connectivity index (χ3n) is 5.38. The lowest BCUT2D eigenvalue weighted by Crippen LogP contribution is -2.51. The molecule has 2 aromatic rings. The summed E-state index contributed by atoms with van der Waals surface area (Å²) in [5, 5.41) is 5.25. The molecule has 1 heterocycles. The molecule has 0 radical (unpaired) electrons. The van der Waals surface area contributed by atoms with E-state index in [4.69, 9.17) is 4.74 Å². The van der Waals surface area contributed by atoms with Crippen LogP contribution in [0.3, 0.4) is 0 Å². The van der Waals surface area contributed by atoms with Gasteiger partial charge in [-0.1, -0.05) is 35.0 Å². The lowest BCUT2D eigenvalue weighted by atomic mass is 9.72. The van der Waals surface area contributed by atoms with Gasteiger partial charge in [-0.05, 0) is 54.8 Å². The van der Waals surface area contributed by atoms with Crippen LogP contribution in [0, 0.1) is 0 Å². The molecular formula is C23H23BrN2O4. The number of methoxy groups -OCH3 is 1. The standard InChI is InChI=1S/C23H23BrN2O4/c1-3-23(13-12-21(28)26-22(23)29)16-5-8-18(9-6-16)25-20(27)11-4-15-14-17(24)7-10-19(15)30-2/h4-11,14H,3,12-13H2,1-2H3,(H,25,27)(H,26,28,29). The first-order valence-corrected chi connectivity index (χ1v) is 10.4. The quantitative estimate of drug-likeness (QED) is 0.489. The van der Waals surface area contributed by atoms with Crippen LogP contribution in [0.25, 0.3) is 6.08 Å². The maximum atomic E-state index is 12.5. The first-order chi connectivity index (χ1) is 14.4. The van der Waals surface area contributed by atoms with Gasteiger partial charge < -0.3 is 10.1 Å². The van der Waals surface area contributed by atoms with Crippen LogP contribution in [0.2, 0.25) is 0 Å². The molecule has 1 aliphatic heterocycles. The number of benzene rings is 2. The first-order valence-electron chi connectivity index (χ1n) is 9.65. The van der Waals surface area contributed by atoms with Crippen molar-refractivity contribution >= 4 is 45.4 Å². The molecule has 1 fully saturated rings. The third-order valence-corrected chi connectivity index (χ3v) is 5.87. The molecule has 30 heavy (non-hydrogen) atoms. The summed E-state index contributed by atoms with van der Waals surface area (Å²) in [6.45, 7) is 1.94. The van der Waals surface area contributed by atoms with E-state index in [0.717, 1.165) is 15.6 Å². The third kappa shape index (κ3) is 4.62. The van der Waals surface area contributed by atoms with Crippen LogP contribution in [0.1, 0.15) is 37.3 Å². The van der Waals surface area contributed by atoms with Gasteiger partial charge in [0.05, 0.1) is 12.5 Å². The van der Waals surface area contributed by atoms with Crippen LogP contribution >= 0.6 is 15.9 Å². The predicted octanol–water partition coefficient (Wildman–Crippen LogP) is 4.19. The summed E-state index contributed by atoms with van der Waals surface area (Å²) in [4.78, 5) is 36.3. The zero-order valence-electron chi connectivity index (χ0n) is 16.8. The summed E-state index contributed by atoms with van der Waals surface area (Å²) < 4.78 is 6.19. The van der Waals surface area contributed by atoms with Crippen LogP contribution in [0.4, 0.5) is 5.69 Å². The van der Waals surface area contributed by atoms with Crippen molar-refractivity contribution in [2.75, 3.05) is 12.4 Å². The monoisotopic (exact) mass is 470 g/mol. The van der Waals surface area contributed by atoms with Crippen LogP contribution < -0.4 is 15.4 Å². The number of anilines is 1. The lowest BCUT2D eigenvalue weighted by Gasteiger charge is -2.35. The Balaban J connectivity index is 1.71. The molecule has 2 N–H and O–H groups in total. The lowest BCUT2D eigenvalue weighted by molar-refractivity contribution is -0.138. The predicted molar refractivity (Wildman–Crippen MR) is 119 cm³/mol. The van der Waals surface area contributed by atoms with E-state index in [-0.39, 0.29) is 17.7 Å². The summed E-state index contributed by atoms with van der Waals surface area (Å²) in [7, 11) is 1.58. The molecule has 3 amide bonds. The molecule has 7 heteroatoms. The number of ether oxygens (including phenoxy) is 1. The molecule has 0 bridgehead atoms. The number of nitrogens with one attached hydrogen (secondary N) is 2. The van der Waals surface area contributed by atoms with Crippen LogP contribution in [0.5, 0.6) is 5.75 Å². The van der Waals surface area contributed by atoms with Gasteiger partial charge in [0.15, 0.2) is 0 Å². The molecule has 0 aromatic heterocycles. The highest BCUT2D eigenvalue weighted by Gasteiger charge is 2.42. The molecule has 6 nitrogen and oxygen atoms in total. The fourth-order valence-corrected chi connectivity index (χ4v) is 4.00. The molecule has 1 atom stereocenters. The first kappa shape index (κ1) is 21.8. The van der Waals surface area contributed by atoms with Crippen molar-refractivity contribution < 1.29 is 19.1 Å². The van der Waals surface area contributed by atoms with E-state index in [1.807, 2.05) is 37.3 Å². The fraction of sp³-hybridized carbons (Fsp3) is 0.261. The number of halogens is 1. The van der Waals surface area contributed by atoms with E-state index in [1.165, 1.54) is 6.08 Å². The Morgan fingerprint density at radius 3 is 2.60 bits per heavy atom. The van der Waals surface area contributed by atoms with Gasteiger partial charge in [0, 0.05) is 28.2 Å². The van der Waals surface area contributed by atoms with Crippen LogP contribution in [-0.2, 0) is 19.8 Å². The molecule has 156 valence electrons. The maximum Gasteiger partial charge on any atom is 0.248 e. The molecule has 0 aliphatic carbocycles. The Labute approximate surface area is 183 Å². The average Bonchev–Trinajstić information content (AvgIpc) is 2.73. The zero-order chi connectivity index (χ0) is 21.7. The fourth-order valence-electron chi connectivity index (χ4n) is 3.62. The summed E-state index contributed by atoms with van der Waals surface area (Å²) in [6, 6.07) is 12.7. The SMILES string of the molecule is CCC1(c2ccc(NC(=O)C=Cc3cc(Br)ccc3OC)cc2)CCC(=O)NC1=O. The number of carbonyl (C=O) groups excluding carboxylic acids is 3. The molecule has 2 aromatic carbocycles. The number of imide groups is 1. The van der Waals surface area contributed by atoms with Crippen molar-refractivity contribution in [1.82, 2.24) is 5.32 Å². The summed E-state index contributed by atoms with van der Waals surface area (Å²) >= 11 is 3.41. The normalized spacial score (nSPS) is 18.9. The van der Waals surface area contributed by atoms with Gasteiger partial charge in [0.1, 0.15) is 5.75 Å². The minimum Gasteiger partial charge on any atom is -0.496 e. The molecule has 1 unspecified atom stereocenters. The molecule has 0 spiro atoms. The zero-order valence-corrected chi connectivity index (χ0v) is 18.4. The Hall–Kier alpha value is -2.93. The van der Waals surface area contributed by atoms with E-state index in [9.17, 15) is 14.4 Å². The highest BCUT2D eigenvalue weighted by Crippen LogP contribution is 2.36. The highest BCUT2D eigenvalue weighted by molar-refractivity contribution is 9.10. The van der Waals surface area contributed by atoms with Crippen molar-refractivity contribution in [2.24, 2.45) is 0 Å². The largest absolute Gasteiger partial charge is 0.496 e. The number of rotatable bonds is 6. The summed E-state index contributed by atoms with van der Waals surface area (Å²) in [6.07, 6.45) is 4.52. The number of hydrogen-bond donors (Lipinski definition) is 2. The number of hydrogen-bond acceptors (Lipinski definition) is 4. The van der Waals surface area contributed by atoms with Crippen molar-refractivity contribution in [3.8, 4) is 5.75 Å². The van der Waals surface area contributed by atoms with Gasteiger partial charge in [0.25, 0.3) is 0 Å². The number of amides is 3. The van der Waals surface area contributed by atoms with Crippen LogP contribution in [0.15, 0.2) is 53.0 Å². The maximum absolute atomic E-state index is 12.5. The number of piperidine rings is 1. The van der Waals surface area contributed by atoms with Gasteiger partial charge in [-0.15, -0.1) is 0 Å². The average molecular weight is 471 g/mol. The second kappa shape index (κ2) is 9.26. The van der Waals surface area contributed by atoms with E-state index in [2.05, 4.69) is 26.6 Å². The molecule has 0 saturated carbocycles. The van der Waals surface area contributed by atoms with E-state index in [1.54, 1.807) is 25.3 Å². The number of carbonyl (C=O) groups is 3. The molecule has 3 rings (SSSR count). The topological polar surface area (TPSA) is 84.5 Å². The van der Waals surface area contributed by atoms with Crippen molar-refractivity contribution in [1.29, 1.82) is 0 Å². The van der Waals surface area contributed by atoms with Gasteiger partial charge >= 0.3 is 0 Å². The van der Waals surface area contributed by atoms with E-state index in [0.29, 0.717) is 30.7 Å². The van der Waals surface area contributed by atoms with Gasteiger partial charge in [0.2, 0.25) is 17.7 Å². The summed E-state index contributed by atoms with van der Waals surface area (Å²) in [5.41, 5.74) is 1.52. The highest BCUT2D eigenvalue weighted by atomic mass is 79.9. The minimum atomic E-state index is -0.715. The van der Waals surface area contributed by atoms with E-state index < -0.39 is 5.41 Å². The van der Waals surface area contributed by atoms with Gasteiger partial charge in [-0.3, -0.25) is 19.7 Å². The second-order valence-electron chi connectivity index (χ2n) is 7.10. The van der Waals surface area contributed by atoms with Crippen molar-refractivity contribution in [3.63, 3.8) is 0 Å². The Morgan fingerprint density at radius 2 is 1.97 bits per heavy atom. The summed E-state index contributed by atoms with van der Waals surface area (Å²) in [5.74, 6) is -0.109. The Bertz CT molecular complexity index is 1000. The molecular weight excluding hydrogens is 448 g/mol. The molecule has 1 saturated heterocycles. The second-order valence-corrected chi connectivity index (χ2v) is 8.01. The Morgan fingerprint density at radius 1 is 1.23 bits per heavy atom.